The van der Waals surface area contributed by atoms with Gasteiger partial charge in [0.15, 0.2) is 0 Å². The zero-order valence-corrected chi connectivity index (χ0v) is 14.4. The number of rotatable bonds is 5. The Morgan fingerprint density at radius 1 is 1.08 bits per heavy atom. The summed E-state index contributed by atoms with van der Waals surface area (Å²) in [7, 11) is 0. The molecule has 4 rings (SSSR count). The molecule has 0 bridgehead atoms. The van der Waals surface area contributed by atoms with Gasteiger partial charge >= 0.3 is 0 Å². The molecule has 4 aromatic rings. The molecule has 0 aliphatic carbocycles. The van der Waals surface area contributed by atoms with E-state index in [0.717, 1.165) is 27.0 Å². The summed E-state index contributed by atoms with van der Waals surface area (Å²) in [4.78, 5) is 18.0. The number of nitrogens with zero attached hydrogens (tertiary/aromatic N) is 2. The third-order valence-electron chi connectivity index (χ3n) is 4.12. The van der Waals surface area contributed by atoms with Crippen LogP contribution in [0.15, 0.2) is 72.4 Å². The number of benzene rings is 1. The number of pyridine rings is 1. The second-order valence-corrected chi connectivity index (χ2v) is 6.72. The molecular weight excluding hydrogens is 330 g/mol. The number of aromatic nitrogens is 2. The van der Waals surface area contributed by atoms with Crippen molar-refractivity contribution in [2.75, 3.05) is 0 Å². The van der Waals surface area contributed by atoms with E-state index in [-0.39, 0.29) is 5.91 Å². The highest BCUT2D eigenvalue weighted by Crippen LogP contribution is 2.25. The maximum Gasteiger partial charge on any atom is 0.240 e. The Morgan fingerprint density at radius 2 is 2.00 bits per heavy atom. The molecule has 0 saturated heterocycles. The van der Waals surface area contributed by atoms with Crippen molar-refractivity contribution in [2.24, 2.45) is 0 Å². The van der Waals surface area contributed by atoms with Gasteiger partial charge in [0.05, 0.1) is 10.6 Å². The smallest absolute Gasteiger partial charge is 0.240 e. The SMILES string of the molecule is O=C(Cn1ccc2ccccc21)NCc1cccnc1-c1cccs1. The fourth-order valence-electron chi connectivity index (χ4n) is 2.90. The van der Waals surface area contributed by atoms with Gasteiger partial charge in [-0.05, 0) is 40.6 Å². The minimum atomic E-state index is -0.0117. The molecule has 1 N–H and O–H groups in total. The second-order valence-electron chi connectivity index (χ2n) is 5.77. The highest BCUT2D eigenvalue weighted by Gasteiger charge is 2.10. The molecule has 124 valence electrons. The number of fused-ring (bicyclic) bond motifs is 1. The molecule has 0 saturated carbocycles. The van der Waals surface area contributed by atoms with Crippen molar-refractivity contribution < 1.29 is 4.79 Å². The molecule has 0 fully saturated rings. The number of hydrogen-bond acceptors (Lipinski definition) is 3. The highest BCUT2D eigenvalue weighted by atomic mass is 32.1. The number of amides is 1. The number of carbonyl (C=O) groups is 1. The predicted octanol–water partition coefficient (Wildman–Crippen LogP) is 4.08. The average Bonchev–Trinajstić information content (AvgIpc) is 3.31. The Hall–Kier alpha value is -2.92. The Bertz CT molecular complexity index is 1000. The fraction of sp³-hybridized carbons (Fsp3) is 0.100. The van der Waals surface area contributed by atoms with Crippen molar-refractivity contribution >= 4 is 28.1 Å². The van der Waals surface area contributed by atoms with Crippen molar-refractivity contribution in [3.8, 4) is 10.6 Å². The Kier molecular flexibility index (Phi) is 4.31. The van der Waals surface area contributed by atoms with Crippen LogP contribution in [-0.2, 0) is 17.9 Å². The summed E-state index contributed by atoms with van der Waals surface area (Å²) in [6.45, 7) is 0.779. The van der Waals surface area contributed by atoms with Crippen LogP contribution in [0.2, 0.25) is 0 Å². The molecule has 25 heavy (non-hydrogen) atoms. The van der Waals surface area contributed by atoms with Gasteiger partial charge in [-0.2, -0.15) is 0 Å². The van der Waals surface area contributed by atoms with Crippen molar-refractivity contribution in [3.63, 3.8) is 0 Å². The molecule has 0 aliphatic rings. The third kappa shape index (κ3) is 3.32. The van der Waals surface area contributed by atoms with Crippen LogP contribution < -0.4 is 5.32 Å². The van der Waals surface area contributed by atoms with Crippen LogP contribution in [0.25, 0.3) is 21.5 Å². The van der Waals surface area contributed by atoms with Crippen molar-refractivity contribution in [1.29, 1.82) is 0 Å². The number of hydrogen-bond donors (Lipinski definition) is 1. The van der Waals surface area contributed by atoms with Gasteiger partial charge in [-0.25, -0.2) is 0 Å². The Labute approximate surface area is 149 Å². The maximum absolute atomic E-state index is 12.4. The lowest BCUT2D eigenvalue weighted by molar-refractivity contribution is -0.121. The Balaban J connectivity index is 1.46. The summed E-state index contributed by atoms with van der Waals surface area (Å²) in [5.41, 5.74) is 3.03. The van der Waals surface area contributed by atoms with Gasteiger partial charge < -0.3 is 9.88 Å². The monoisotopic (exact) mass is 347 g/mol. The lowest BCUT2D eigenvalue weighted by atomic mass is 10.1. The molecule has 0 spiro atoms. The molecule has 4 nitrogen and oxygen atoms in total. The minimum Gasteiger partial charge on any atom is -0.350 e. The second kappa shape index (κ2) is 6.91. The van der Waals surface area contributed by atoms with Gasteiger partial charge in [0, 0.05) is 24.5 Å². The molecule has 0 atom stereocenters. The van der Waals surface area contributed by atoms with Gasteiger partial charge in [-0.1, -0.05) is 30.3 Å². The van der Waals surface area contributed by atoms with E-state index >= 15 is 0 Å². The van der Waals surface area contributed by atoms with Crippen LogP contribution in [0.5, 0.6) is 0 Å². The van der Waals surface area contributed by atoms with Crippen LogP contribution in [0.4, 0.5) is 0 Å². The van der Waals surface area contributed by atoms with Gasteiger partial charge in [0.2, 0.25) is 5.91 Å². The first-order chi connectivity index (χ1) is 12.3. The minimum absolute atomic E-state index is 0.0117. The first kappa shape index (κ1) is 15.6. The van der Waals surface area contributed by atoms with E-state index in [4.69, 9.17) is 0 Å². The summed E-state index contributed by atoms with van der Waals surface area (Å²) in [5.74, 6) is -0.0117. The third-order valence-corrected chi connectivity index (χ3v) is 4.99. The average molecular weight is 347 g/mol. The number of carbonyl (C=O) groups excluding carboxylic acids is 1. The van der Waals surface area contributed by atoms with E-state index < -0.39 is 0 Å². The molecular formula is C20H17N3OS. The first-order valence-electron chi connectivity index (χ1n) is 8.09. The van der Waals surface area contributed by atoms with E-state index in [2.05, 4.69) is 10.3 Å². The highest BCUT2D eigenvalue weighted by molar-refractivity contribution is 7.13. The number of para-hydroxylation sites is 1. The van der Waals surface area contributed by atoms with Crippen LogP contribution in [0, 0.1) is 0 Å². The summed E-state index contributed by atoms with van der Waals surface area (Å²) >= 11 is 1.65. The largest absolute Gasteiger partial charge is 0.350 e. The maximum atomic E-state index is 12.4. The van der Waals surface area contributed by atoms with E-state index in [9.17, 15) is 4.79 Å². The Morgan fingerprint density at radius 3 is 2.88 bits per heavy atom. The van der Waals surface area contributed by atoms with Gasteiger partial charge in [0.1, 0.15) is 6.54 Å². The zero-order chi connectivity index (χ0) is 17.1. The lowest BCUT2D eigenvalue weighted by Gasteiger charge is -2.10. The quantitative estimate of drug-likeness (QED) is 0.591. The van der Waals surface area contributed by atoms with Gasteiger partial charge in [-0.15, -0.1) is 11.3 Å². The number of nitrogens with one attached hydrogen (secondary N) is 1. The normalized spacial score (nSPS) is 10.9. The van der Waals surface area contributed by atoms with Gasteiger partial charge in [0.25, 0.3) is 0 Å². The standard InChI is InChI=1S/C20H17N3OS/c24-19(14-23-11-9-15-5-1-2-7-17(15)23)22-13-16-6-3-10-21-20(16)18-8-4-12-25-18/h1-12H,13-14H2,(H,22,24). The summed E-state index contributed by atoms with van der Waals surface area (Å²) in [5, 5.41) is 6.18. The molecule has 1 aromatic carbocycles. The van der Waals surface area contributed by atoms with Crippen molar-refractivity contribution in [3.05, 3.63) is 77.9 Å². The predicted molar refractivity (Wildman–Crippen MR) is 101 cm³/mol. The zero-order valence-electron chi connectivity index (χ0n) is 13.6. The molecule has 3 heterocycles. The lowest BCUT2D eigenvalue weighted by Crippen LogP contribution is -2.27. The molecule has 3 aromatic heterocycles. The summed E-state index contributed by atoms with van der Waals surface area (Å²) < 4.78 is 1.97. The van der Waals surface area contributed by atoms with Crippen LogP contribution >= 0.6 is 11.3 Å². The number of thiophene rings is 1. The molecule has 1 amide bonds. The summed E-state index contributed by atoms with van der Waals surface area (Å²) in [6, 6.07) is 18.1. The van der Waals surface area contributed by atoms with Crippen LogP contribution in [0.1, 0.15) is 5.56 Å². The van der Waals surface area contributed by atoms with Crippen LogP contribution in [0.3, 0.4) is 0 Å². The van der Waals surface area contributed by atoms with E-state index in [1.165, 1.54) is 0 Å². The molecule has 0 aliphatic heterocycles. The molecule has 5 heteroatoms. The molecule has 0 unspecified atom stereocenters. The van der Waals surface area contributed by atoms with E-state index in [0.29, 0.717) is 13.1 Å². The summed E-state index contributed by atoms with van der Waals surface area (Å²) in [6.07, 6.45) is 3.73. The van der Waals surface area contributed by atoms with Crippen LogP contribution in [-0.4, -0.2) is 15.5 Å². The van der Waals surface area contributed by atoms with Crippen molar-refractivity contribution in [2.45, 2.75) is 13.1 Å². The van der Waals surface area contributed by atoms with E-state index in [1.807, 2.05) is 70.7 Å². The van der Waals surface area contributed by atoms with Gasteiger partial charge in [-0.3, -0.25) is 9.78 Å². The fourth-order valence-corrected chi connectivity index (χ4v) is 3.66. The first-order valence-corrected chi connectivity index (χ1v) is 8.97. The topological polar surface area (TPSA) is 46.9 Å². The molecule has 0 radical (unpaired) electrons. The van der Waals surface area contributed by atoms with E-state index in [1.54, 1.807) is 17.5 Å². The van der Waals surface area contributed by atoms with Crippen molar-refractivity contribution in [1.82, 2.24) is 14.9 Å².